The van der Waals surface area contributed by atoms with E-state index in [1.165, 1.54) is 44.3 Å². The molecule has 124 valence electrons. The lowest BCUT2D eigenvalue weighted by atomic mass is 9.95. The van der Waals surface area contributed by atoms with Gasteiger partial charge in [0.1, 0.15) is 7.05 Å². The molecule has 0 aliphatic rings. The van der Waals surface area contributed by atoms with Gasteiger partial charge in [-0.2, -0.15) is 0 Å². The second-order valence-electron chi connectivity index (χ2n) is 7.59. The summed E-state index contributed by atoms with van der Waals surface area (Å²) in [6.45, 7) is 11.2. The van der Waals surface area contributed by atoms with Gasteiger partial charge in [0.05, 0.1) is 0 Å². The molecule has 0 atom stereocenters. The molecule has 3 rings (SSSR count). The Hall–Kier alpha value is -2.15. The number of aromatic nitrogens is 1. The highest BCUT2D eigenvalue weighted by molar-refractivity contribution is 5.85. The summed E-state index contributed by atoms with van der Waals surface area (Å²) in [5.74, 6) is 0.684. The molecule has 0 saturated heterocycles. The van der Waals surface area contributed by atoms with E-state index in [4.69, 9.17) is 0 Å². The van der Waals surface area contributed by atoms with Gasteiger partial charge in [-0.05, 0) is 67.3 Å². The SMILES string of the molecule is Cc1cc(C)c(C)c(-c2cc3cc(CC(C)C)ccc3c[n+]2C)c1. The van der Waals surface area contributed by atoms with E-state index < -0.39 is 0 Å². The van der Waals surface area contributed by atoms with Crippen LogP contribution in [-0.2, 0) is 13.5 Å². The normalized spacial score (nSPS) is 11.5. The minimum absolute atomic E-state index is 0.684. The van der Waals surface area contributed by atoms with Gasteiger partial charge in [0.2, 0.25) is 5.69 Å². The molecular formula is C23H28N+. The molecule has 0 N–H and O–H groups in total. The molecule has 0 saturated carbocycles. The van der Waals surface area contributed by atoms with Crippen LogP contribution in [0.15, 0.2) is 42.6 Å². The van der Waals surface area contributed by atoms with Gasteiger partial charge in [-0.3, -0.25) is 0 Å². The van der Waals surface area contributed by atoms with E-state index in [1.807, 2.05) is 0 Å². The third-order valence-corrected chi connectivity index (χ3v) is 4.89. The molecule has 24 heavy (non-hydrogen) atoms. The Labute approximate surface area is 146 Å². The minimum atomic E-state index is 0.684. The van der Waals surface area contributed by atoms with Crippen LogP contribution in [-0.4, -0.2) is 0 Å². The van der Waals surface area contributed by atoms with Crippen molar-refractivity contribution in [3.8, 4) is 11.3 Å². The zero-order chi connectivity index (χ0) is 17.4. The first-order valence-electron chi connectivity index (χ1n) is 8.85. The van der Waals surface area contributed by atoms with Crippen LogP contribution in [0.2, 0.25) is 0 Å². The number of fused-ring (bicyclic) bond motifs is 1. The number of nitrogens with zero attached hydrogens (tertiary/aromatic N) is 1. The molecule has 1 heterocycles. The van der Waals surface area contributed by atoms with Crippen LogP contribution < -0.4 is 4.57 Å². The number of pyridine rings is 1. The molecule has 1 aromatic heterocycles. The second-order valence-corrected chi connectivity index (χ2v) is 7.59. The fraction of sp³-hybridized carbons (Fsp3) is 0.348. The van der Waals surface area contributed by atoms with Crippen LogP contribution in [0.1, 0.15) is 36.1 Å². The fourth-order valence-corrected chi connectivity index (χ4v) is 3.57. The fourth-order valence-electron chi connectivity index (χ4n) is 3.57. The van der Waals surface area contributed by atoms with Crippen molar-refractivity contribution in [2.24, 2.45) is 13.0 Å². The Morgan fingerprint density at radius 1 is 0.917 bits per heavy atom. The third kappa shape index (κ3) is 3.21. The molecule has 3 aromatic rings. The zero-order valence-electron chi connectivity index (χ0n) is 15.8. The first-order valence-corrected chi connectivity index (χ1v) is 8.85. The van der Waals surface area contributed by atoms with Crippen molar-refractivity contribution in [2.45, 2.75) is 41.0 Å². The van der Waals surface area contributed by atoms with E-state index >= 15 is 0 Å². The van der Waals surface area contributed by atoms with E-state index in [-0.39, 0.29) is 0 Å². The summed E-state index contributed by atoms with van der Waals surface area (Å²) >= 11 is 0. The van der Waals surface area contributed by atoms with E-state index in [9.17, 15) is 0 Å². The molecule has 0 aliphatic carbocycles. The second kappa shape index (κ2) is 6.39. The van der Waals surface area contributed by atoms with Gasteiger partial charge < -0.3 is 0 Å². The van der Waals surface area contributed by atoms with Crippen molar-refractivity contribution >= 4 is 10.8 Å². The predicted octanol–water partition coefficient (Wildman–Crippen LogP) is 5.46. The lowest BCUT2D eigenvalue weighted by Gasteiger charge is -2.11. The Kier molecular flexibility index (Phi) is 4.45. The maximum absolute atomic E-state index is 2.36. The minimum Gasteiger partial charge on any atom is -0.200 e. The topological polar surface area (TPSA) is 3.88 Å². The Morgan fingerprint density at radius 3 is 2.38 bits per heavy atom. The number of rotatable bonds is 3. The Balaban J connectivity index is 2.19. The maximum Gasteiger partial charge on any atom is 0.213 e. The summed E-state index contributed by atoms with van der Waals surface area (Å²) in [6, 6.07) is 13.8. The molecule has 2 aromatic carbocycles. The standard InChI is InChI=1S/C23H28N/c1-15(2)9-19-7-8-20-14-24(6)23(13-21(20)12-19)22-11-16(3)10-17(4)18(22)5/h7-8,10-15H,9H2,1-6H3/q+1. The van der Waals surface area contributed by atoms with Crippen molar-refractivity contribution in [1.82, 2.24) is 0 Å². The van der Waals surface area contributed by atoms with E-state index in [2.05, 4.69) is 88.8 Å². The van der Waals surface area contributed by atoms with Gasteiger partial charge in [-0.1, -0.05) is 37.6 Å². The molecule has 1 heteroatoms. The van der Waals surface area contributed by atoms with E-state index in [0.717, 1.165) is 6.42 Å². The lowest BCUT2D eigenvalue weighted by Crippen LogP contribution is -2.30. The number of benzene rings is 2. The van der Waals surface area contributed by atoms with Crippen molar-refractivity contribution in [1.29, 1.82) is 0 Å². The summed E-state index contributed by atoms with van der Waals surface area (Å²) in [5, 5.41) is 2.63. The zero-order valence-corrected chi connectivity index (χ0v) is 15.8. The van der Waals surface area contributed by atoms with Gasteiger partial charge in [0, 0.05) is 17.0 Å². The number of hydrogen-bond acceptors (Lipinski definition) is 0. The summed E-state index contributed by atoms with van der Waals surface area (Å²) < 4.78 is 2.26. The molecule has 0 radical (unpaired) electrons. The molecule has 0 fully saturated rings. The third-order valence-electron chi connectivity index (χ3n) is 4.89. The van der Waals surface area contributed by atoms with Gasteiger partial charge in [-0.15, -0.1) is 0 Å². The van der Waals surface area contributed by atoms with Crippen LogP contribution in [0.3, 0.4) is 0 Å². The number of hydrogen-bond donors (Lipinski definition) is 0. The molecule has 0 spiro atoms. The van der Waals surface area contributed by atoms with Gasteiger partial charge in [0.15, 0.2) is 6.20 Å². The quantitative estimate of drug-likeness (QED) is 0.565. The van der Waals surface area contributed by atoms with Crippen LogP contribution in [0.25, 0.3) is 22.0 Å². The molecular weight excluding hydrogens is 290 g/mol. The van der Waals surface area contributed by atoms with Crippen LogP contribution >= 0.6 is 0 Å². The number of aryl methyl sites for hydroxylation is 3. The maximum atomic E-state index is 2.36. The summed E-state index contributed by atoms with van der Waals surface area (Å²) in [6.07, 6.45) is 3.38. The monoisotopic (exact) mass is 318 g/mol. The summed E-state index contributed by atoms with van der Waals surface area (Å²) in [4.78, 5) is 0. The smallest absolute Gasteiger partial charge is 0.200 e. The van der Waals surface area contributed by atoms with E-state index in [1.54, 1.807) is 0 Å². The molecule has 0 amide bonds. The first kappa shape index (κ1) is 16.7. The van der Waals surface area contributed by atoms with Crippen LogP contribution in [0.4, 0.5) is 0 Å². The Bertz CT molecular complexity index is 904. The predicted molar refractivity (Wildman–Crippen MR) is 103 cm³/mol. The lowest BCUT2D eigenvalue weighted by molar-refractivity contribution is -0.659. The van der Waals surface area contributed by atoms with E-state index in [0.29, 0.717) is 5.92 Å². The van der Waals surface area contributed by atoms with Gasteiger partial charge >= 0.3 is 0 Å². The first-order chi connectivity index (χ1) is 11.3. The molecule has 0 bridgehead atoms. The van der Waals surface area contributed by atoms with Crippen LogP contribution in [0.5, 0.6) is 0 Å². The van der Waals surface area contributed by atoms with Gasteiger partial charge in [-0.25, -0.2) is 4.57 Å². The Morgan fingerprint density at radius 2 is 1.67 bits per heavy atom. The largest absolute Gasteiger partial charge is 0.213 e. The molecule has 0 aliphatic heterocycles. The average Bonchev–Trinajstić information content (AvgIpc) is 2.50. The van der Waals surface area contributed by atoms with Crippen molar-refractivity contribution in [3.05, 3.63) is 64.8 Å². The van der Waals surface area contributed by atoms with Crippen molar-refractivity contribution in [2.75, 3.05) is 0 Å². The van der Waals surface area contributed by atoms with Gasteiger partial charge in [0.25, 0.3) is 0 Å². The average molecular weight is 318 g/mol. The summed E-state index contributed by atoms with van der Waals surface area (Å²) in [7, 11) is 2.15. The highest BCUT2D eigenvalue weighted by Crippen LogP contribution is 2.27. The molecule has 0 unspecified atom stereocenters. The van der Waals surface area contributed by atoms with Crippen LogP contribution in [0, 0.1) is 26.7 Å². The highest BCUT2D eigenvalue weighted by Gasteiger charge is 2.16. The van der Waals surface area contributed by atoms with Crippen molar-refractivity contribution in [3.63, 3.8) is 0 Å². The highest BCUT2D eigenvalue weighted by atomic mass is 14.9. The molecule has 1 nitrogen and oxygen atoms in total. The summed E-state index contributed by atoms with van der Waals surface area (Å²) in [5.41, 5.74) is 8.10. The van der Waals surface area contributed by atoms with Crippen molar-refractivity contribution < 1.29 is 4.57 Å².